The Balaban J connectivity index is 2.09. The lowest BCUT2D eigenvalue weighted by atomic mass is 9.99. The average molecular weight is 217 g/mol. The molecule has 0 aromatic heterocycles. The maximum Gasteiger partial charge on any atom is 0.223 e. The highest BCUT2D eigenvalue weighted by molar-refractivity contribution is 5.81. The number of carbonyl (C=O) groups excluding carboxylic acids is 1. The van der Waals surface area contributed by atoms with E-state index < -0.39 is 0 Å². The second kappa shape index (κ2) is 4.69. The predicted octanol–water partition coefficient (Wildman–Crippen LogP) is 2.97. The molecule has 0 unspecified atom stereocenters. The van der Waals surface area contributed by atoms with Crippen LogP contribution in [-0.2, 0) is 4.79 Å². The highest BCUT2D eigenvalue weighted by Gasteiger charge is 2.30. The lowest BCUT2D eigenvalue weighted by molar-refractivity contribution is -0.123. The van der Waals surface area contributed by atoms with Crippen molar-refractivity contribution in [1.82, 2.24) is 5.32 Å². The molecule has 1 aromatic carbocycles. The summed E-state index contributed by atoms with van der Waals surface area (Å²) in [4.78, 5) is 11.7. The smallest absolute Gasteiger partial charge is 0.223 e. The zero-order valence-corrected chi connectivity index (χ0v) is 9.99. The van der Waals surface area contributed by atoms with Crippen LogP contribution in [0.1, 0.15) is 43.4 Å². The van der Waals surface area contributed by atoms with Crippen molar-refractivity contribution in [2.24, 2.45) is 5.92 Å². The van der Waals surface area contributed by atoms with Crippen molar-refractivity contribution >= 4 is 5.91 Å². The highest BCUT2D eigenvalue weighted by Crippen LogP contribution is 2.30. The number of rotatable bonds is 4. The molecular formula is C14H19NO. The summed E-state index contributed by atoms with van der Waals surface area (Å²) in [7, 11) is 0. The van der Waals surface area contributed by atoms with E-state index in [1.165, 1.54) is 11.1 Å². The van der Waals surface area contributed by atoms with E-state index in [1.807, 2.05) is 12.1 Å². The Bertz CT molecular complexity index is 382. The second-order valence-electron chi connectivity index (χ2n) is 4.60. The molecule has 1 N–H and O–H groups in total. The van der Waals surface area contributed by atoms with Crippen molar-refractivity contribution in [3.05, 3.63) is 35.4 Å². The molecule has 1 aliphatic rings. The summed E-state index contributed by atoms with van der Waals surface area (Å²) in [5.41, 5.74) is 2.50. The first-order valence-electron chi connectivity index (χ1n) is 6.08. The lowest BCUT2D eigenvalue weighted by Gasteiger charge is -2.19. The zero-order valence-electron chi connectivity index (χ0n) is 9.99. The molecule has 16 heavy (non-hydrogen) atoms. The molecule has 2 heteroatoms. The summed E-state index contributed by atoms with van der Waals surface area (Å²) < 4.78 is 0. The zero-order chi connectivity index (χ0) is 11.5. The van der Waals surface area contributed by atoms with Crippen LogP contribution >= 0.6 is 0 Å². The summed E-state index contributed by atoms with van der Waals surface area (Å²) in [6.45, 7) is 4.21. The van der Waals surface area contributed by atoms with Crippen LogP contribution in [0.3, 0.4) is 0 Å². The molecular weight excluding hydrogens is 198 g/mol. The van der Waals surface area contributed by atoms with Gasteiger partial charge in [0.15, 0.2) is 0 Å². The molecule has 1 amide bonds. The van der Waals surface area contributed by atoms with E-state index in [4.69, 9.17) is 0 Å². The van der Waals surface area contributed by atoms with Gasteiger partial charge in [0, 0.05) is 5.92 Å². The first kappa shape index (κ1) is 11.2. The largest absolute Gasteiger partial charge is 0.349 e. The minimum Gasteiger partial charge on any atom is -0.349 e. The summed E-state index contributed by atoms with van der Waals surface area (Å²) in [6.07, 6.45) is 3.08. The van der Waals surface area contributed by atoms with Crippen LogP contribution in [0, 0.1) is 12.8 Å². The fraction of sp³-hybridized carbons (Fsp3) is 0.500. The molecule has 0 heterocycles. The lowest BCUT2D eigenvalue weighted by Crippen LogP contribution is -2.29. The van der Waals surface area contributed by atoms with Crippen molar-refractivity contribution in [3.8, 4) is 0 Å². The fourth-order valence-electron chi connectivity index (χ4n) is 2.01. The topological polar surface area (TPSA) is 29.1 Å². The quantitative estimate of drug-likeness (QED) is 0.825. The van der Waals surface area contributed by atoms with Gasteiger partial charge in [0.2, 0.25) is 5.91 Å². The van der Waals surface area contributed by atoms with E-state index >= 15 is 0 Å². The SMILES string of the molecule is CC[C@@H](NC(=O)C1CC1)c1ccccc1C. The van der Waals surface area contributed by atoms with Gasteiger partial charge in [-0.25, -0.2) is 0 Å². The Labute approximate surface area is 97.1 Å². The summed E-state index contributed by atoms with van der Waals surface area (Å²) in [5, 5.41) is 3.15. The van der Waals surface area contributed by atoms with E-state index in [0.717, 1.165) is 19.3 Å². The minimum atomic E-state index is 0.175. The van der Waals surface area contributed by atoms with Crippen molar-refractivity contribution in [1.29, 1.82) is 0 Å². The molecule has 0 bridgehead atoms. The van der Waals surface area contributed by atoms with Crippen molar-refractivity contribution < 1.29 is 4.79 Å². The van der Waals surface area contributed by atoms with Crippen molar-refractivity contribution in [3.63, 3.8) is 0 Å². The van der Waals surface area contributed by atoms with Gasteiger partial charge in [-0.05, 0) is 37.3 Å². The van der Waals surface area contributed by atoms with Crippen LogP contribution < -0.4 is 5.32 Å². The average Bonchev–Trinajstić information content (AvgIpc) is 3.10. The Kier molecular flexibility index (Phi) is 3.28. The van der Waals surface area contributed by atoms with Crippen LogP contribution in [-0.4, -0.2) is 5.91 Å². The van der Waals surface area contributed by atoms with Crippen LogP contribution in [0.25, 0.3) is 0 Å². The Morgan fingerprint density at radius 1 is 1.44 bits per heavy atom. The standard InChI is InChI=1S/C14H19NO/c1-3-13(15-14(16)11-8-9-11)12-7-5-4-6-10(12)2/h4-7,11,13H,3,8-9H2,1-2H3,(H,15,16)/t13-/m1/s1. The van der Waals surface area contributed by atoms with E-state index in [2.05, 4.69) is 31.3 Å². The summed E-state index contributed by atoms with van der Waals surface area (Å²) >= 11 is 0. The van der Waals surface area contributed by atoms with E-state index in [0.29, 0.717) is 0 Å². The molecule has 0 aliphatic heterocycles. The van der Waals surface area contributed by atoms with E-state index in [-0.39, 0.29) is 17.9 Å². The van der Waals surface area contributed by atoms with Gasteiger partial charge >= 0.3 is 0 Å². The predicted molar refractivity (Wildman–Crippen MR) is 65.1 cm³/mol. The molecule has 0 saturated heterocycles. The first-order valence-corrected chi connectivity index (χ1v) is 6.08. The van der Waals surface area contributed by atoms with E-state index in [9.17, 15) is 4.79 Å². The molecule has 1 saturated carbocycles. The number of hydrogen-bond acceptors (Lipinski definition) is 1. The first-order chi connectivity index (χ1) is 7.72. The molecule has 1 atom stereocenters. The second-order valence-corrected chi connectivity index (χ2v) is 4.60. The van der Waals surface area contributed by atoms with Gasteiger partial charge in [-0.2, -0.15) is 0 Å². The Morgan fingerprint density at radius 2 is 2.12 bits per heavy atom. The maximum atomic E-state index is 11.7. The highest BCUT2D eigenvalue weighted by atomic mass is 16.2. The van der Waals surface area contributed by atoms with Gasteiger partial charge in [0.25, 0.3) is 0 Å². The van der Waals surface area contributed by atoms with Gasteiger partial charge in [-0.1, -0.05) is 31.2 Å². The molecule has 1 aromatic rings. The normalized spacial score (nSPS) is 16.9. The van der Waals surface area contributed by atoms with Gasteiger partial charge in [-0.3, -0.25) is 4.79 Å². The molecule has 1 fully saturated rings. The Hall–Kier alpha value is -1.31. The molecule has 86 valence electrons. The third kappa shape index (κ3) is 2.43. The number of aryl methyl sites for hydroxylation is 1. The molecule has 2 nitrogen and oxygen atoms in total. The van der Waals surface area contributed by atoms with Gasteiger partial charge < -0.3 is 5.32 Å². The number of nitrogens with one attached hydrogen (secondary N) is 1. The van der Waals surface area contributed by atoms with Crippen LogP contribution in [0.5, 0.6) is 0 Å². The molecule has 0 spiro atoms. The van der Waals surface area contributed by atoms with Crippen LogP contribution in [0.4, 0.5) is 0 Å². The maximum absolute atomic E-state index is 11.7. The Morgan fingerprint density at radius 3 is 2.69 bits per heavy atom. The monoisotopic (exact) mass is 217 g/mol. The van der Waals surface area contributed by atoms with Gasteiger partial charge in [-0.15, -0.1) is 0 Å². The third-order valence-electron chi connectivity index (χ3n) is 3.24. The van der Waals surface area contributed by atoms with Crippen molar-refractivity contribution in [2.45, 2.75) is 39.2 Å². The van der Waals surface area contributed by atoms with Crippen molar-refractivity contribution in [2.75, 3.05) is 0 Å². The number of amides is 1. The minimum absolute atomic E-state index is 0.175. The van der Waals surface area contributed by atoms with Crippen LogP contribution in [0.15, 0.2) is 24.3 Å². The number of carbonyl (C=O) groups is 1. The van der Waals surface area contributed by atoms with Gasteiger partial charge in [0.1, 0.15) is 0 Å². The molecule has 2 rings (SSSR count). The van der Waals surface area contributed by atoms with Crippen LogP contribution in [0.2, 0.25) is 0 Å². The summed E-state index contributed by atoms with van der Waals surface area (Å²) in [5.74, 6) is 0.521. The summed E-state index contributed by atoms with van der Waals surface area (Å²) in [6, 6.07) is 8.45. The fourth-order valence-corrected chi connectivity index (χ4v) is 2.01. The third-order valence-corrected chi connectivity index (χ3v) is 3.24. The number of benzene rings is 1. The van der Waals surface area contributed by atoms with Gasteiger partial charge in [0.05, 0.1) is 6.04 Å². The molecule has 0 radical (unpaired) electrons. The van der Waals surface area contributed by atoms with E-state index in [1.54, 1.807) is 0 Å². The molecule has 1 aliphatic carbocycles. The number of hydrogen-bond donors (Lipinski definition) is 1.